The van der Waals surface area contributed by atoms with Crippen molar-refractivity contribution in [2.75, 3.05) is 11.6 Å². The largest absolute Gasteiger partial charge is 0.435 e. The third-order valence-corrected chi connectivity index (χ3v) is 7.25. The zero-order chi connectivity index (χ0) is 28.0. The second-order valence-corrected chi connectivity index (χ2v) is 10.8. The maximum absolute atomic E-state index is 14.8. The number of aromatic nitrogens is 2. The van der Waals surface area contributed by atoms with E-state index < -0.39 is 67.6 Å². The van der Waals surface area contributed by atoms with Crippen LogP contribution in [0.15, 0.2) is 41.3 Å². The van der Waals surface area contributed by atoms with Crippen molar-refractivity contribution in [3.8, 4) is 11.6 Å². The van der Waals surface area contributed by atoms with Gasteiger partial charge in [0.2, 0.25) is 5.82 Å². The summed E-state index contributed by atoms with van der Waals surface area (Å²) in [6.45, 7) is 0.915. The van der Waals surface area contributed by atoms with Crippen molar-refractivity contribution in [2.24, 2.45) is 0 Å². The lowest BCUT2D eigenvalue weighted by Gasteiger charge is -2.37. The van der Waals surface area contributed by atoms with Crippen LogP contribution >= 0.6 is 0 Å². The van der Waals surface area contributed by atoms with Crippen LogP contribution in [-0.4, -0.2) is 35.9 Å². The minimum atomic E-state index is -5.02. The lowest BCUT2D eigenvalue weighted by Crippen LogP contribution is -2.34. The van der Waals surface area contributed by atoms with Gasteiger partial charge in [0.1, 0.15) is 5.56 Å². The van der Waals surface area contributed by atoms with E-state index >= 15 is 0 Å². The molecule has 1 aromatic heterocycles. The Morgan fingerprint density at radius 2 is 1.79 bits per heavy atom. The van der Waals surface area contributed by atoms with Crippen LogP contribution in [0.2, 0.25) is 0 Å². The summed E-state index contributed by atoms with van der Waals surface area (Å²) >= 11 is 0. The number of carbonyl (C=O) groups excluding carboxylic acids is 1. The van der Waals surface area contributed by atoms with Gasteiger partial charge in [-0.1, -0.05) is 6.07 Å². The Balaban J connectivity index is 1.76. The molecule has 2 N–H and O–H groups in total. The van der Waals surface area contributed by atoms with Crippen LogP contribution < -0.4 is 10.1 Å². The van der Waals surface area contributed by atoms with E-state index in [9.17, 15) is 40.3 Å². The average molecular weight is 557 g/mol. The Labute approximate surface area is 213 Å². The molecular weight excluding hydrogens is 537 g/mol. The molecule has 1 aliphatic rings. The number of nitrogens with zero attached hydrogens (tertiary/aromatic N) is 2. The number of hydrogen-bond acceptors (Lipinski definition) is 7. The molecule has 1 aliphatic carbocycles. The van der Waals surface area contributed by atoms with Gasteiger partial charge < -0.3 is 15.2 Å². The number of nitrogens with one attached hydrogen (secondary N) is 1. The van der Waals surface area contributed by atoms with Crippen molar-refractivity contribution in [1.29, 1.82) is 0 Å². The van der Waals surface area contributed by atoms with Crippen molar-refractivity contribution in [1.82, 2.24) is 10.2 Å². The molecule has 1 saturated carbocycles. The third-order valence-electron chi connectivity index (χ3n) is 6.14. The number of rotatable bonds is 6. The Morgan fingerprint density at radius 3 is 2.37 bits per heavy atom. The van der Waals surface area contributed by atoms with E-state index in [2.05, 4.69) is 15.5 Å². The molecule has 0 radical (unpaired) electrons. The molecule has 0 saturated heterocycles. The molecule has 1 amide bonds. The highest BCUT2D eigenvalue weighted by molar-refractivity contribution is 7.90. The molecule has 0 bridgehead atoms. The van der Waals surface area contributed by atoms with Crippen molar-refractivity contribution in [3.05, 3.63) is 70.4 Å². The molecule has 0 unspecified atom stereocenters. The number of amides is 1. The van der Waals surface area contributed by atoms with Gasteiger partial charge in [-0.25, -0.2) is 12.8 Å². The fourth-order valence-electron chi connectivity index (χ4n) is 3.96. The van der Waals surface area contributed by atoms with E-state index in [4.69, 9.17) is 4.74 Å². The first-order valence-corrected chi connectivity index (χ1v) is 13.0. The molecule has 1 fully saturated rings. The first-order chi connectivity index (χ1) is 17.6. The van der Waals surface area contributed by atoms with Crippen LogP contribution in [0.3, 0.4) is 0 Å². The number of sulfone groups is 1. The molecule has 38 heavy (non-hydrogen) atoms. The molecule has 0 atom stereocenters. The monoisotopic (exact) mass is 557 g/mol. The molecule has 14 heteroatoms. The van der Waals surface area contributed by atoms with Crippen LogP contribution in [0.4, 0.5) is 27.6 Å². The Hall–Kier alpha value is -3.65. The number of halogens is 5. The first-order valence-electron chi connectivity index (χ1n) is 11.1. The minimum Gasteiger partial charge on any atom is -0.434 e. The molecular formula is C24H20F5N3O5S. The molecule has 0 spiro atoms. The zero-order valence-corrected chi connectivity index (χ0v) is 20.7. The molecule has 4 rings (SSSR count). The summed E-state index contributed by atoms with van der Waals surface area (Å²) in [6, 6.07) is 6.96. The van der Waals surface area contributed by atoms with E-state index in [0.717, 1.165) is 31.4 Å². The fraction of sp³-hybridized carbons (Fsp3) is 0.292. The molecule has 202 valence electrons. The number of alkyl halides is 3. The van der Waals surface area contributed by atoms with Gasteiger partial charge >= 0.3 is 6.18 Å². The predicted octanol–water partition coefficient (Wildman–Crippen LogP) is 4.90. The van der Waals surface area contributed by atoms with Gasteiger partial charge in [-0.15, -0.1) is 10.2 Å². The number of ether oxygens (including phenoxy) is 1. The molecule has 1 heterocycles. The molecule has 0 aliphatic heterocycles. The van der Waals surface area contributed by atoms with E-state index in [1.54, 1.807) is 0 Å². The number of carbonyl (C=O) groups is 1. The van der Waals surface area contributed by atoms with Gasteiger partial charge in [-0.3, -0.25) is 4.79 Å². The van der Waals surface area contributed by atoms with E-state index in [-0.39, 0.29) is 29.0 Å². The lowest BCUT2D eigenvalue weighted by molar-refractivity contribution is -0.142. The van der Waals surface area contributed by atoms with Gasteiger partial charge in [-0.2, -0.15) is 17.6 Å². The average Bonchev–Trinajstić information content (AvgIpc) is 2.79. The summed E-state index contributed by atoms with van der Waals surface area (Å²) < 4.78 is 98.9. The maximum atomic E-state index is 14.8. The van der Waals surface area contributed by atoms with E-state index in [0.29, 0.717) is 6.42 Å². The molecule has 3 aromatic rings. The number of anilines is 1. The van der Waals surface area contributed by atoms with Crippen LogP contribution in [0.25, 0.3) is 0 Å². The van der Waals surface area contributed by atoms with Crippen LogP contribution in [0, 0.1) is 18.6 Å². The molecule has 8 nitrogen and oxygen atoms in total. The van der Waals surface area contributed by atoms with Crippen LogP contribution in [0.1, 0.15) is 46.4 Å². The highest BCUT2D eigenvalue weighted by atomic mass is 32.2. The van der Waals surface area contributed by atoms with Gasteiger partial charge in [0, 0.05) is 17.5 Å². The van der Waals surface area contributed by atoms with Crippen molar-refractivity contribution < 1.29 is 45.0 Å². The standard InChI is InChI=1S/C24H20F5N3O5S/c1-12-17(21(33)30-13-5-3-6-14(11-13)38(2,35)36)22(32-31-20(12)24(27,28)29)37-16-8-7-15(18(25)19(16)26)23(34)9-4-10-23/h3,5-8,11,34H,4,9-10H2,1-2H3,(H,30,33). The van der Waals surface area contributed by atoms with Crippen molar-refractivity contribution >= 4 is 21.4 Å². The second kappa shape index (κ2) is 9.58. The molecule has 2 aromatic carbocycles. The summed E-state index contributed by atoms with van der Waals surface area (Å²) in [5.41, 5.74) is -4.95. The Kier molecular flexibility index (Phi) is 6.91. The predicted molar refractivity (Wildman–Crippen MR) is 123 cm³/mol. The van der Waals surface area contributed by atoms with Crippen LogP contribution in [-0.2, 0) is 21.6 Å². The number of aliphatic hydroxyl groups is 1. The second-order valence-electron chi connectivity index (χ2n) is 8.83. The summed E-state index contributed by atoms with van der Waals surface area (Å²) in [4.78, 5) is 12.9. The van der Waals surface area contributed by atoms with Gasteiger partial charge in [-0.05, 0) is 62.1 Å². The Bertz CT molecular complexity index is 1540. The fourth-order valence-corrected chi connectivity index (χ4v) is 4.63. The highest BCUT2D eigenvalue weighted by Crippen LogP contribution is 2.44. The van der Waals surface area contributed by atoms with Gasteiger partial charge in [0.25, 0.3) is 11.8 Å². The summed E-state index contributed by atoms with van der Waals surface area (Å²) in [5, 5.41) is 19.0. The van der Waals surface area contributed by atoms with Gasteiger partial charge in [0.15, 0.2) is 27.1 Å². The smallest absolute Gasteiger partial charge is 0.434 e. The quantitative estimate of drug-likeness (QED) is 0.414. The van der Waals surface area contributed by atoms with E-state index in [1.165, 1.54) is 18.2 Å². The minimum absolute atomic E-state index is 0.0797. The first kappa shape index (κ1) is 27.4. The SMILES string of the molecule is Cc1c(C(F)(F)F)nnc(Oc2ccc(C3(O)CCC3)c(F)c2F)c1C(=O)Nc1cccc(S(C)(=O)=O)c1. The number of hydrogen-bond donors (Lipinski definition) is 2. The Morgan fingerprint density at radius 1 is 1.11 bits per heavy atom. The topological polar surface area (TPSA) is 118 Å². The van der Waals surface area contributed by atoms with E-state index in [1.807, 2.05) is 0 Å². The van der Waals surface area contributed by atoms with Gasteiger partial charge in [0.05, 0.1) is 10.5 Å². The summed E-state index contributed by atoms with van der Waals surface area (Å²) in [6.07, 6.45) is -3.04. The highest BCUT2D eigenvalue weighted by Gasteiger charge is 2.41. The van der Waals surface area contributed by atoms with Crippen molar-refractivity contribution in [2.45, 2.75) is 42.9 Å². The lowest BCUT2D eigenvalue weighted by atomic mass is 9.75. The number of benzene rings is 2. The normalized spacial score (nSPS) is 15.1. The van der Waals surface area contributed by atoms with Crippen molar-refractivity contribution in [3.63, 3.8) is 0 Å². The zero-order valence-electron chi connectivity index (χ0n) is 19.9. The third kappa shape index (κ3) is 5.18. The van der Waals surface area contributed by atoms with Crippen LogP contribution in [0.5, 0.6) is 11.6 Å². The summed E-state index contributed by atoms with van der Waals surface area (Å²) in [5.74, 6) is -5.83. The maximum Gasteiger partial charge on any atom is 0.435 e. The summed E-state index contributed by atoms with van der Waals surface area (Å²) in [7, 11) is -3.67.